The second-order valence-electron chi connectivity index (χ2n) is 30.9. The number of nitrogens with zero attached hydrogens (tertiary/aromatic N) is 2. The lowest BCUT2D eigenvalue weighted by atomic mass is 9.68. The summed E-state index contributed by atoms with van der Waals surface area (Å²) in [6.07, 6.45) is 0. The Kier molecular flexibility index (Phi) is 17.6. The topological polar surface area (TPSA) is 6.48 Å². The van der Waals surface area contributed by atoms with Gasteiger partial charge in [-0.2, -0.15) is 0 Å². The highest BCUT2D eigenvalue weighted by atomic mass is 32.1. The first-order valence-corrected chi connectivity index (χ1v) is 41.6. The summed E-state index contributed by atoms with van der Waals surface area (Å²) in [7, 11) is 0. The summed E-state index contributed by atoms with van der Waals surface area (Å²) in [6.45, 7) is 4.73. The Balaban J connectivity index is 0.000000147. The maximum Gasteiger partial charge on any atom is 0.0714 e. The van der Waals surface area contributed by atoms with Gasteiger partial charge < -0.3 is 9.80 Å². The first-order chi connectivity index (χ1) is 57.3. The third-order valence-corrected chi connectivity index (χ3v) is 26.6. The average Bonchev–Trinajstić information content (AvgIpc) is 1.52. The minimum atomic E-state index is -0.424. The van der Waals surface area contributed by atoms with Crippen molar-refractivity contribution >= 4 is 97.1 Å². The molecule has 2 aliphatic carbocycles. The van der Waals surface area contributed by atoms with Crippen LogP contribution in [0.3, 0.4) is 0 Å². The molecule has 4 heteroatoms. The Labute approximate surface area is 685 Å². The van der Waals surface area contributed by atoms with Crippen molar-refractivity contribution in [2.24, 2.45) is 0 Å². The summed E-state index contributed by atoms with van der Waals surface area (Å²) < 4.78 is 5.39. The van der Waals surface area contributed by atoms with Gasteiger partial charge in [0, 0.05) is 91.0 Å². The largest absolute Gasteiger partial charge is 0.311 e. The predicted molar refractivity (Wildman–Crippen MR) is 496 cm³/mol. The lowest BCUT2D eigenvalue weighted by Crippen LogP contribution is -2.28. The highest BCUT2D eigenvalue weighted by Crippen LogP contribution is 2.61. The van der Waals surface area contributed by atoms with E-state index in [1.54, 1.807) is 0 Å². The molecule has 0 N–H and O–H groups in total. The summed E-state index contributed by atoms with van der Waals surface area (Å²) in [5, 5.41) is 5.28. The second-order valence-corrected chi connectivity index (χ2v) is 33.0. The van der Waals surface area contributed by atoms with Crippen molar-refractivity contribution < 1.29 is 0 Å². The molecule has 0 aliphatic heterocycles. The van der Waals surface area contributed by atoms with Crippen LogP contribution in [0.2, 0.25) is 0 Å². The number of rotatable bonds is 14. The summed E-state index contributed by atoms with van der Waals surface area (Å²) in [4.78, 5) is 4.72. The van der Waals surface area contributed by atoms with Gasteiger partial charge in [0.25, 0.3) is 0 Å². The summed E-state index contributed by atoms with van der Waals surface area (Å²) in [6, 6.07) is 160. The molecule has 2 heterocycles. The van der Waals surface area contributed by atoms with Crippen LogP contribution in [0.4, 0.5) is 34.1 Å². The number of hydrogen-bond acceptors (Lipinski definition) is 4. The molecule has 20 aromatic rings. The van der Waals surface area contributed by atoms with Crippen LogP contribution in [0.25, 0.3) is 129 Å². The number of thiophene rings is 2. The van der Waals surface area contributed by atoms with Gasteiger partial charge in [0.05, 0.1) is 5.41 Å². The second kappa shape index (κ2) is 29.2. The molecule has 2 nitrogen and oxygen atoms in total. The Bertz CT molecular complexity index is 6800. The van der Waals surface area contributed by atoms with Crippen molar-refractivity contribution in [3.8, 4) is 89.0 Å². The van der Waals surface area contributed by atoms with Crippen LogP contribution in [0, 0.1) is 0 Å². The zero-order valence-corrected chi connectivity index (χ0v) is 65.9. The SMILES string of the molecule is CC1(C)c2ccccc2-c2c1ccc1c2sc2c(-c3ccc(N(c4ccc(-c5ccccc5)cc4)c4ccc(-c5ccccc5)cc4)cc3)cccc21.c1ccc(-c2ccc(N(c3ccc(-c4ccccc4)cc3)c3ccc(-c4cccc5c4sc4c6c(ccc45)C(c4ccccc4)(c4ccccc4)c4ccccc4-6)cc3)cc2)cc1. The van der Waals surface area contributed by atoms with Gasteiger partial charge in [0.2, 0.25) is 0 Å². The zero-order valence-electron chi connectivity index (χ0n) is 64.3. The number of fused-ring (bicyclic) bond motifs is 14. The van der Waals surface area contributed by atoms with E-state index in [1.807, 2.05) is 22.7 Å². The number of anilines is 6. The van der Waals surface area contributed by atoms with Gasteiger partial charge in [-0.05, 0) is 184 Å². The molecule has 0 unspecified atom stereocenters. The van der Waals surface area contributed by atoms with Crippen molar-refractivity contribution in [1.29, 1.82) is 0 Å². The van der Waals surface area contributed by atoms with Crippen molar-refractivity contribution in [1.82, 2.24) is 0 Å². The van der Waals surface area contributed by atoms with Crippen molar-refractivity contribution in [2.45, 2.75) is 24.7 Å². The van der Waals surface area contributed by atoms with Crippen LogP contribution in [0.1, 0.15) is 47.2 Å². The van der Waals surface area contributed by atoms with Crippen molar-refractivity contribution in [2.75, 3.05) is 9.80 Å². The van der Waals surface area contributed by atoms with Crippen LogP contribution in [0.15, 0.2) is 437 Å². The Morgan fingerprint density at radius 2 is 0.440 bits per heavy atom. The van der Waals surface area contributed by atoms with Crippen LogP contribution in [-0.4, -0.2) is 0 Å². The van der Waals surface area contributed by atoms with E-state index in [9.17, 15) is 0 Å². The van der Waals surface area contributed by atoms with E-state index in [0.717, 1.165) is 34.1 Å². The molecular formula is C112H78N2S2. The minimum absolute atomic E-state index is 0.00936. The first kappa shape index (κ1) is 69.9. The highest BCUT2D eigenvalue weighted by Gasteiger charge is 2.47. The maximum atomic E-state index is 2.42. The fourth-order valence-electron chi connectivity index (χ4n) is 18.5. The zero-order chi connectivity index (χ0) is 77.3. The van der Waals surface area contributed by atoms with Gasteiger partial charge >= 0.3 is 0 Å². The van der Waals surface area contributed by atoms with Crippen LogP contribution < -0.4 is 9.80 Å². The maximum absolute atomic E-state index is 2.42. The van der Waals surface area contributed by atoms with Gasteiger partial charge in [-0.15, -0.1) is 22.7 Å². The third-order valence-electron chi connectivity index (χ3n) is 24.1. The van der Waals surface area contributed by atoms with E-state index in [-0.39, 0.29) is 5.41 Å². The average molecular weight is 1520 g/mol. The van der Waals surface area contributed by atoms with Crippen LogP contribution in [-0.2, 0) is 10.8 Å². The Morgan fingerprint density at radius 1 is 0.181 bits per heavy atom. The van der Waals surface area contributed by atoms with E-state index in [0.29, 0.717) is 0 Å². The molecule has 0 amide bonds. The molecule has 0 fully saturated rings. The van der Waals surface area contributed by atoms with E-state index in [4.69, 9.17) is 0 Å². The van der Waals surface area contributed by atoms with E-state index in [2.05, 4.69) is 460 Å². The van der Waals surface area contributed by atoms with Gasteiger partial charge in [-0.1, -0.05) is 378 Å². The predicted octanol–water partition coefficient (Wildman–Crippen LogP) is 31.7. The molecule has 0 bridgehead atoms. The summed E-state index contributed by atoms with van der Waals surface area (Å²) in [5.74, 6) is 0. The van der Waals surface area contributed by atoms with Crippen molar-refractivity contribution in [3.63, 3.8) is 0 Å². The van der Waals surface area contributed by atoms with E-state index >= 15 is 0 Å². The summed E-state index contributed by atoms with van der Waals surface area (Å²) >= 11 is 3.88. The van der Waals surface area contributed by atoms with Gasteiger partial charge in [0.1, 0.15) is 0 Å². The fraction of sp³-hybridized carbons (Fsp3) is 0.0357. The van der Waals surface area contributed by atoms with Gasteiger partial charge in [-0.25, -0.2) is 0 Å². The van der Waals surface area contributed by atoms with E-state index in [1.165, 1.54) is 163 Å². The molecule has 22 rings (SSSR count). The normalized spacial score (nSPS) is 12.7. The number of hydrogen-bond donors (Lipinski definition) is 0. The van der Waals surface area contributed by atoms with Gasteiger partial charge in [0.15, 0.2) is 0 Å². The molecule has 0 atom stereocenters. The molecule has 116 heavy (non-hydrogen) atoms. The third kappa shape index (κ3) is 12.0. The molecule has 0 saturated heterocycles. The Morgan fingerprint density at radius 3 is 0.793 bits per heavy atom. The molecule has 18 aromatic carbocycles. The number of benzene rings is 18. The van der Waals surface area contributed by atoms with Gasteiger partial charge in [-0.3, -0.25) is 0 Å². The quantitative estimate of drug-likeness (QED) is 0.107. The molecule has 2 aliphatic rings. The molecule has 0 radical (unpaired) electrons. The van der Waals surface area contributed by atoms with E-state index < -0.39 is 5.41 Å². The lowest BCUT2D eigenvalue weighted by Gasteiger charge is -2.33. The molecule has 0 saturated carbocycles. The standard InChI is InChI=1S/C61H41NS.C51H37NS/c1-5-16-42(17-6-1)44-28-34-49(35-29-44)62(50-36-30-45(31-37-50)43-18-7-2-8-19-43)51-38-32-46(33-39-51)52-25-15-26-53-54-40-41-57-58(60(54)63-59(52)53)55-24-13-14-27-56(55)61(57,47-20-9-3-10-21-47)48-22-11-4-12-23-48;1-51(2)46-19-10-9-16-45(46)48-47(51)33-32-44-43-18-11-17-42(49(43)53-50(44)48)38-24-30-41(31-25-38)52(39-26-20-36(21-27-39)34-12-5-3-6-13-34)40-28-22-37(23-29-40)35-14-7-4-8-15-35/h1-41H;3-33H,1-2H3. The van der Waals surface area contributed by atoms with Crippen LogP contribution in [0.5, 0.6) is 0 Å². The Hall–Kier alpha value is -14.0. The molecule has 0 spiro atoms. The first-order valence-electron chi connectivity index (χ1n) is 40.0. The fourth-order valence-corrected chi connectivity index (χ4v) is 21.3. The molecule has 548 valence electrons. The summed E-state index contributed by atoms with van der Waals surface area (Å²) in [5.41, 5.74) is 34.5. The highest BCUT2D eigenvalue weighted by molar-refractivity contribution is 7.27. The van der Waals surface area contributed by atoms with Crippen LogP contribution >= 0.6 is 22.7 Å². The monoisotopic (exact) mass is 1510 g/mol. The minimum Gasteiger partial charge on any atom is -0.311 e. The molecule has 2 aromatic heterocycles. The lowest BCUT2D eigenvalue weighted by molar-refractivity contribution is 0.661. The van der Waals surface area contributed by atoms with Crippen molar-refractivity contribution in [3.05, 3.63) is 470 Å². The molecular weight excluding hydrogens is 1440 g/mol. The smallest absolute Gasteiger partial charge is 0.0714 e.